The van der Waals surface area contributed by atoms with E-state index in [2.05, 4.69) is 22.1 Å². The van der Waals surface area contributed by atoms with Gasteiger partial charge in [0.15, 0.2) is 6.29 Å². The number of hydrogen-bond acceptors (Lipinski definition) is 6. The first kappa shape index (κ1) is 32.1. The lowest BCUT2D eigenvalue weighted by atomic mass is 9.89. The molecule has 1 aromatic heterocycles. The van der Waals surface area contributed by atoms with Gasteiger partial charge in [0.2, 0.25) is 0 Å². The summed E-state index contributed by atoms with van der Waals surface area (Å²) in [7, 11) is 0. The van der Waals surface area contributed by atoms with E-state index in [0.29, 0.717) is 17.8 Å². The SMILES string of the molecule is C[C@@H]1[C@H](CN2CCC(n3c(=O)[nH]c4ccccc43)CC2)O[C@H](c2cccc(NC(=O)C(Cl)(Cl)Cl)c2)O[C@@H]1c1ccc(CO)cc1. The first-order valence-electron chi connectivity index (χ1n) is 15.0. The number of halogens is 3. The molecule has 4 atom stereocenters. The highest BCUT2D eigenvalue weighted by Crippen LogP contribution is 2.42. The molecule has 2 aliphatic rings. The number of likely N-dealkylation sites (tertiary alicyclic amines) is 1. The van der Waals surface area contributed by atoms with Crippen molar-refractivity contribution < 1.29 is 19.4 Å². The number of aliphatic hydroxyl groups excluding tert-OH is 1. The van der Waals surface area contributed by atoms with Crippen LogP contribution in [0.1, 0.15) is 54.9 Å². The number of para-hydroxylation sites is 2. The monoisotopic (exact) mass is 672 g/mol. The third-order valence-electron chi connectivity index (χ3n) is 8.78. The van der Waals surface area contributed by atoms with Crippen molar-refractivity contribution in [1.82, 2.24) is 14.5 Å². The average molecular weight is 674 g/mol. The predicted molar refractivity (Wildman–Crippen MR) is 176 cm³/mol. The van der Waals surface area contributed by atoms with Gasteiger partial charge >= 0.3 is 5.69 Å². The van der Waals surface area contributed by atoms with Gasteiger partial charge in [0.1, 0.15) is 0 Å². The number of ether oxygens (including phenoxy) is 2. The normalized spacial score (nSPS) is 23.3. The largest absolute Gasteiger partial charge is 0.392 e. The molecule has 0 unspecified atom stereocenters. The number of aromatic amines is 1. The summed E-state index contributed by atoms with van der Waals surface area (Å²) in [5.41, 5.74) is 4.69. The van der Waals surface area contributed by atoms with Crippen LogP contribution in [0.15, 0.2) is 77.6 Å². The number of piperidine rings is 1. The summed E-state index contributed by atoms with van der Waals surface area (Å²) in [5.74, 6) is -0.760. The van der Waals surface area contributed by atoms with Crippen molar-refractivity contribution in [2.24, 2.45) is 5.92 Å². The van der Waals surface area contributed by atoms with Crippen LogP contribution in [0.3, 0.4) is 0 Å². The molecule has 4 aromatic rings. The minimum atomic E-state index is -2.10. The van der Waals surface area contributed by atoms with Crippen molar-refractivity contribution in [3.05, 3.63) is 100.0 Å². The van der Waals surface area contributed by atoms with Gasteiger partial charge in [-0.3, -0.25) is 9.36 Å². The number of nitrogens with zero attached hydrogens (tertiary/aromatic N) is 2. The molecule has 3 heterocycles. The lowest BCUT2D eigenvalue weighted by Gasteiger charge is -2.44. The quantitative estimate of drug-likeness (QED) is 0.200. The van der Waals surface area contributed by atoms with Crippen molar-refractivity contribution in [3.8, 4) is 0 Å². The summed E-state index contributed by atoms with van der Waals surface area (Å²) in [6.07, 6.45) is 0.501. The highest BCUT2D eigenvalue weighted by molar-refractivity contribution is 6.76. The van der Waals surface area contributed by atoms with E-state index >= 15 is 0 Å². The van der Waals surface area contributed by atoms with Crippen molar-refractivity contribution in [3.63, 3.8) is 0 Å². The zero-order valence-electron chi connectivity index (χ0n) is 24.7. The number of fused-ring (bicyclic) bond motifs is 1. The second kappa shape index (κ2) is 13.5. The Hall–Kier alpha value is -2.89. The number of imidazole rings is 1. The molecule has 2 saturated heterocycles. The molecule has 2 aliphatic heterocycles. The maximum absolute atomic E-state index is 12.8. The van der Waals surface area contributed by atoms with Crippen LogP contribution in [0.5, 0.6) is 0 Å². The molecule has 45 heavy (non-hydrogen) atoms. The summed E-state index contributed by atoms with van der Waals surface area (Å²) >= 11 is 17.3. The van der Waals surface area contributed by atoms with E-state index in [-0.39, 0.29) is 36.5 Å². The summed E-state index contributed by atoms with van der Waals surface area (Å²) in [6, 6.07) is 22.8. The van der Waals surface area contributed by atoms with E-state index in [1.165, 1.54) is 0 Å². The number of rotatable bonds is 7. The van der Waals surface area contributed by atoms with E-state index in [4.69, 9.17) is 44.3 Å². The lowest BCUT2D eigenvalue weighted by Crippen LogP contribution is -2.47. The van der Waals surface area contributed by atoms with E-state index in [9.17, 15) is 14.7 Å². The fourth-order valence-corrected chi connectivity index (χ4v) is 6.49. The maximum atomic E-state index is 12.8. The first-order chi connectivity index (χ1) is 21.6. The Bertz CT molecular complexity index is 1690. The molecule has 0 radical (unpaired) electrons. The fraction of sp³-hybridized carbons (Fsp3) is 0.394. The van der Waals surface area contributed by atoms with Crippen LogP contribution < -0.4 is 11.0 Å². The van der Waals surface area contributed by atoms with Gasteiger partial charge in [0.05, 0.1) is 29.8 Å². The molecule has 6 rings (SSSR count). The Kier molecular flexibility index (Phi) is 9.59. The van der Waals surface area contributed by atoms with Crippen LogP contribution in [-0.4, -0.2) is 55.0 Å². The number of alkyl halides is 3. The second-order valence-corrected chi connectivity index (χ2v) is 14.0. The molecule has 238 valence electrons. The third kappa shape index (κ3) is 7.10. The minimum absolute atomic E-state index is 0.00225. The Morgan fingerprint density at radius 3 is 2.44 bits per heavy atom. The number of carbonyl (C=O) groups excluding carboxylic acids is 1. The molecule has 0 bridgehead atoms. The molecule has 0 saturated carbocycles. The van der Waals surface area contributed by atoms with Gasteiger partial charge < -0.3 is 29.8 Å². The fourth-order valence-electron chi connectivity index (χ4n) is 6.34. The summed E-state index contributed by atoms with van der Waals surface area (Å²) in [4.78, 5) is 30.5. The molecule has 3 aromatic carbocycles. The van der Waals surface area contributed by atoms with E-state index in [1.807, 2.05) is 59.2 Å². The molecule has 0 aliphatic carbocycles. The van der Waals surface area contributed by atoms with Gasteiger partial charge in [0.25, 0.3) is 9.70 Å². The van der Waals surface area contributed by atoms with Crippen molar-refractivity contribution >= 4 is 57.4 Å². The molecule has 3 N–H and O–H groups in total. The molecular formula is C33H35Cl3N4O5. The molecule has 1 amide bonds. The standard InChI is InChI=1S/C33H35Cl3N4O5/c1-20-28(18-39-15-13-25(14-16-39)40-27-8-3-2-7-26(27)38-32(40)43)44-30(45-29(20)22-11-9-21(19-41)10-12-22)23-5-4-6-24(17-23)37-31(42)33(34,35)36/h2-12,17,20,25,28-30,41H,13-16,18-19H2,1H3,(H,37,42)(H,38,43)/t20-,28+,29+,30+/m1/s1. The van der Waals surface area contributed by atoms with Gasteiger partial charge in [0, 0.05) is 42.8 Å². The van der Waals surface area contributed by atoms with Crippen LogP contribution in [0.4, 0.5) is 5.69 Å². The number of benzene rings is 3. The number of aromatic nitrogens is 2. The molecule has 2 fully saturated rings. The van der Waals surface area contributed by atoms with Crippen molar-refractivity contribution in [2.45, 2.75) is 54.7 Å². The number of hydrogen-bond donors (Lipinski definition) is 3. The third-order valence-corrected chi connectivity index (χ3v) is 9.30. The highest BCUT2D eigenvalue weighted by atomic mass is 35.6. The first-order valence-corrected chi connectivity index (χ1v) is 16.1. The van der Waals surface area contributed by atoms with Gasteiger partial charge in [-0.05, 0) is 48.2 Å². The Balaban J connectivity index is 1.20. The van der Waals surface area contributed by atoms with E-state index in [1.54, 1.807) is 18.2 Å². The highest BCUT2D eigenvalue weighted by Gasteiger charge is 2.40. The average Bonchev–Trinajstić information content (AvgIpc) is 3.37. The van der Waals surface area contributed by atoms with Gasteiger partial charge in [-0.2, -0.15) is 0 Å². The van der Waals surface area contributed by atoms with Crippen LogP contribution in [0, 0.1) is 5.92 Å². The summed E-state index contributed by atoms with van der Waals surface area (Å²) in [6.45, 7) is 4.42. The number of anilines is 1. The number of aliphatic hydroxyl groups is 1. The Morgan fingerprint density at radius 1 is 1.00 bits per heavy atom. The topological polar surface area (TPSA) is 109 Å². The van der Waals surface area contributed by atoms with E-state index in [0.717, 1.165) is 48.1 Å². The second-order valence-electron chi connectivity index (χ2n) is 11.7. The minimum Gasteiger partial charge on any atom is -0.392 e. The lowest BCUT2D eigenvalue weighted by molar-refractivity contribution is -0.276. The van der Waals surface area contributed by atoms with Crippen LogP contribution in [0.2, 0.25) is 0 Å². The Labute approximate surface area is 276 Å². The molecular weight excluding hydrogens is 639 g/mol. The van der Waals surface area contributed by atoms with Gasteiger partial charge in [-0.15, -0.1) is 0 Å². The van der Waals surface area contributed by atoms with Crippen molar-refractivity contribution in [1.29, 1.82) is 0 Å². The number of carbonyl (C=O) groups is 1. The zero-order chi connectivity index (χ0) is 31.7. The van der Waals surface area contributed by atoms with Crippen LogP contribution in [0.25, 0.3) is 11.0 Å². The number of nitrogens with one attached hydrogen (secondary N) is 2. The number of amides is 1. The Morgan fingerprint density at radius 2 is 1.73 bits per heavy atom. The predicted octanol–water partition coefficient (Wildman–Crippen LogP) is 6.26. The van der Waals surface area contributed by atoms with Crippen molar-refractivity contribution in [2.75, 3.05) is 25.0 Å². The summed E-state index contributed by atoms with van der Waals surface area (Å²) < 4.78 is 13.0. The zero-order valence-corrected chi connectivity index (χ0v) is 26.9. The molecule has 12 heteroatoms. The smallest absolute Gasteiger partial charge is 0.326 e. The molecule has 9 nitrogen and oxygen atoms in total. The van der Waals surface area contributed by atoms with Crippen LogP contribution in [-0.2, 0) is 20.9 Å². The van der Waals surface area contributed by atoms with Crippen LogP contribution >= 0.6 is 34.8 Å². The number of H-pyrrole nitrogens is 1. The van der Waals surface area contributed by atoms with Gasteiger partial charge in [-0.25, -0.2) is 4.79 Å². The maximum Gasteiger partial charge on any atom is 0.326 e. The van der Waals surface area contributed by atoms with E-state index < -0.39 is 16.0 Å². The summed E-state index contributed by atoms with van der Waals surface area (Å²) in [5, 5.41) is 12.2. The van der Waals surface area contributed by atoms with Gasteiger partial charge in [-0.1, -0.05) is 90.3 Å². The molecule has 0 spiro atoms.